The van der Waals surface area contributed by atoms with Gasteiger partial charge in [-0.3, -0.25) is 4.79 Å². The van der Waals surface area contributed by atoms with Gasteiger partial charge >= 0.3 is 6.16 Å². The Balaban J connectivity index is 2.49. The maximum Gasteiger partial charge on any atom is 0.508 e. The highest BCUT2D eigenvalue weighted by Crippen LogP contribution is 2.17. The number of hydrogen-bond acceptors (Lipinski definition) is 6. The molecule has 6 heteroatoms. The Morgan fingerprint density at radius 1 is 1.10 bits per heavy atom. The van der Waals surface area contributed by atoms with E-state index >= 15 is 0 Å². The average molecular weight is 282 g/mol. The number of hydrogen-bond donors (Lipinski definition) is 0. The summed E-state index contributed by atoms with van der Waals surface area (Å²) in [5.74, 6) is 0.907. The Morgan fingerprint density at radius 2 is 1.70 bits per heavy atom. The third kappa shape index (κ3) is 4.79. The fourth-order valence-electron chi connectivity index (χ4n) is 1.46. The van der Waals surface area contributed by atoms with Gasteiger partial charge in [-0.1, -0.05) is 6.92 Å². The standard InChI is InChI=1S/C14H18O6/c1-4-13(20-14(16)18-3)12(15)9-19-11-7-5-10(17-2)6-8-11/h5-8,13H,4,9H2,1-3H3. The zero-order valence-corrected chi connectivity index (χ0v) is 11.8. The van der Waals surface area contributed by atoms with Crippen LogP contribution in [0, 0.1) is 0 Å². The number of ether oxygens (including phenoxy) is 4. The third-order valence-electron chi connectivity index (χ3n) is 2.58. The molecule has 1 atom stereocenters. The molecule has 0 heterocycles. The van der Waals surface area contributed by atoms with E-state index in [0.717, 1.165) is 0 Å². The van der Waals surface area contributed by atoms with Crippen molar-refractivity contribution in [2.45, 2.75) is 19.4 Å². The van der Waals surface area contributed by atoms with Gasteiger partial charge in [0, 0.05) is 0 Å². The molecule has 0 N–H and O–H groups in total. The summed E-state index contributed by atoms with van der Waals surface area (Å²) in [7, 11) is 2.75. The van der Waals surface area contributed by atoms with Crippen LogP contribution in [0.2, 0.25) is 0 Å². The van der Waals surface area contributed by atoms with Crippen molar-refractivity contribution in [1.29, 1.82) is 0 Å². The summed E-state index contributed by atoms with van der Waals surface area (Å²) < 4.78 is 19.5. The summed E-state index contributed by atoms with van der Waals surface area (Å²) in [6.45, 7) is 1.56. The van der Waals surface area contributed by atoms with E-state index in [-0.39, 0.29) is 12.4 Å². The van der Waals surface area contributed by atoms with Gasteiger partial charge in [-0.15, -0.1) is 0 Å². The van der Waals surface area contributed by atoms with Crippen molar-refractivity contribution in [2.75, 3.05) is 20.8 Å². The summed E-state index contributed by atoms with van der Waals surface area (Å²) >= 11 is 0. The number of methoxy groups -OCH3 is 2. The van der Waals surface area contributed by atoms with Gasteiger partial charge in [0.25, 0.3) is 0 Å². The second-order valence-electron chi connectivity index (χ2n) is 3.90. The summed E-state index contributed by atoms with van der Waals surface area (Å²) in [6.07, 6.45) is -1.38. The smallest absolute Gasteiger partial charge is 0.497 e. The molecule has 0 aliphatic rings. The Bertz CT molecular complexity index is 439. The highest BCUT2D eigenvalue weighted by molar-refractivity contribution is 5.86. The van der Waals surface area contributed by atoms with Gasteiger partial charge in [0.2, 0.25) is 5.78 Å². The molecule has 0 fully saturated rings. The van der Waals surface area contributed by atoms with Crippen LogP contribution >= 0.6 is 0 Å². The Labute approximate surface area is 117 Å². The summed E-state index contributed by atoms with van der Waals surface area (Å²) in [5.41, 5.74) is 0. The first kappa shape index (κ1) is 15.8. The second kappa shape index (κ2) is 8.04. The van der Waals surface area contributed by atoms with Crippen molar-refractivity contribution in [3.63, 3.8) is 0 Å². The second-order valence-corrected chi connectivity index (χ2v) is 3.90. The maximum atomic E-state index is 11.8. The van der Waals surface area contributed by atoms with Crippen molar-refractivity contribution >= 4 is 11.9 Å². The van der Waals surface area contributed by atoms with E-state index in [2.05, 4.69) is 4.74 Å². The highest BCUT2D eigenvalue weighted by Gasteiger charge is 2.21. The first-order valence-electron chi connectivity index (χ1n) is 6.14. The SMILES string of the molecule is CCC(OC(=O)OC)C(=O)COc1ccc(OC)cc1. The molecule has 1 aromatic rings. The van der Waals surface area contributed by atoms with Gasteiger partial charge in [0.05, 0.1) is 14.2 Å². The number of carbonyl (C=O) groups excluding carboxylic acids is 2. The van der Waals surface area contributed by atoms with Crippen LogP contribution < -0.4 is 9.47 Å². The van der Waals surface area contributed by atoms with E-state index in [9.17, 15) is 9.59 Å². The van der Waals surface area contributed by atoms with Crippen molar-refractivity contribution in [2.24, 2.45) is 0 Å². The lowest BCUT2D eigenvalue weighted by molar-refractivity contribution is -0.130. The quantitative estimate of drug-likeness (QED) is 0.714. The predicted octanol–water partition coefficient (Wildman–Crippen LogP) is 2.20. The first-order valence-corrected chi connectivity index (χ1v) is 6.14. The van der Waals surface area contributed by atoms with E-state index < -0.39 is 12.3 Å². The lowest BCUT2D eigenvalue weighted by atomic mass is 10.2. The Morgan fingerprint density at radius 3 is 2.20 bits per heavy atom. The minimum atomic E-state index is -0.880. The summed E-state index contributed by atoms with van der Waals surface area (Å²) in [4.78, 5) is 22.8. The fourth-order valence-corrected chi connectivity index (χ4v) is 1.46. The fraction of sp³-hybridized carbons (Fsp3) is 0.429. The van der Waals surface area contributed by atoms with Gasteiger partial charge in [0.1, 0.15) is 11.5 Å². The zero-order valence-electron chi connectivity index (χ0n) is 11.8. The number of Topliss-reactive ketones (excluding diaryl/α,β-unsaturated/α-hetero) is 1. The molecule has 0 amide bonds. The minimum absolute atomic E-state index is 0.179. The topological polar surface area (TPSA) is 71.1 Å². The molecule has 0 spiro atoms. The summed E-state index contributed by atoms with van der Waals surface area (Å²) in [5, 5.41) is 0. The van der Waals surface area contributed by atoms with E-state index in [4.69, 9.17) is 14.2 Å². The number of rotatable bonds is 7. The molecule has 0 aliphatic heterocycles. The van der Waals surface area contributed by atoms with Gasteiger partial charge in [0.15, 0.2) is 12.7 Å². The van der Waals surface area contributed by atoms with Crippen LogP contribution in [-0.4, -0.2) is 38.9 Å². The van der Waals surface area contributed by atoms with Crippen LogP contribution in [0.3, 0.4) is 0 Å². The van der Waals surface area contributed by atoms with Crippen molar-refractivity contribution in [1.82, 2.24) is 0 Å². The van der Waals surface area contributed by atoms with Crippen molar-refractivity contribution in [3.05, 3.63) is 24.3 Å². The van der Waals surface area contributed by atoms with E-state index in [1.807, 2.05) is 0 Å². The molecular weight excluding hydrogens is 264 g/mol. The molecule has 1 aromatic carbocycles. The number of benzene rings is 1. The van der Waals surface area contributed by atoms with Crippen LogP contribution in [-0.2, 0) is 14.3 Å². The van der Waals surface area contributed by atoms with Crippen molar-refractivity contribution < 1.29 is 28.5 Å². The molecule has 0 saturated carbocycles. The van der Waals surface area contributed by atoms with Crippen LogP contribution in [0.4, 0.5) is 4.79 Å². The highest BCUT2D eigenvalue weighted by atomic mass is 16.7. The monoisotopic (exact) mass is 282 g/mol. The largest absolute Gasteiger partial charge is 0.508 e. The van der Waals surface area contributed by atoms with Crippen LogP contribution in [0.25, 0.3) is 0 Å². The normalized spacial score (nSPS) is 11.3. The first-order chi connectivity index (χ1) is 9.60. The Kier molecular flexibility index (Phi) is 6.36. The van der Waals surface area contributed by atoms with Gasteiger partial charge in [-0.25, -0.2) is 4.79 Å². The molecule has 0 aromatic heterocycles. The van der Waals surface area contributed by atoms with Gasteiger partial charge in [-0.2, -0.15) is 0 Å². The molecule has 110 valence electrons. The molecule has 0 aliphatic carbocycles. The molecular formula is C14H18O6. The van der Waals surface area contributed by atoms with Gasteiger partial charge in [-0.05, 0) is 30.7 Å². The molecule has 0 saturated heterocycles. The maximum absolute atomic E-state index is 11.8. The van der Waals surface area contributed by atoms with Gasteiger partial charge < -0.3 is 18.9 Å². The molecule has 1 unspecified atom stereocenters. The van der Waals surface area contributed by atoms with E-state index in [1.54, 1.807) is 38.3 Å². The molecule has 6 nitrogen and oxygen atoms in total. The molecule has 0 radical (unpaired) electrons. The minimum Gasteiger partial charge on any atom is -0.497 e. The lowest BCUT2D eigenvalue weighted by Gasteiger charge is -2.14. The third-order valence-corrected chi connectivity index (χ3v) is 2.58. The van der Waals surface area contributed by atoms with Crippen LogP contribution in [0.1, 0.15) is 13.3 Å². The lowest BCUT2D eigenvalue weighted by Crippen LogP contribution is -2.30. The van der Waals surface area contributed by atoms with E-state index in [0.29, 0.717) is 17.9 Å². The number of carbonyl (C=O) groups is 2. The van der Waals surface area contributed by atoms with Crippen LogP contribution in [0.5, 0.6) is 11.5 Å². The zero-order chi connectivity index (χ0) is 15.0. The van der Waals surface area contributed by atoms with Crippen molar-refractivity contribution in [3.8, 4) is 11.5 Å². The van der Waals surface area contributed by atoms with Crippen LogP contribution in [0.15, 0.2) is 24.3 Å². The number of ketones is 1. The molecule has 1 rings (SSSR count). The van der Waals surface area contributed by atoms with E-state index in [1.165, 1.54) is 7.11 Å². The Hall–Kier alpha value is -2.24. The molecule has 20 heavy (non-hydrogen) atoms. The molecule has 0 bridgehead atoms. The predicted molar refractivity (Wildman–Crippen MR) is 71.1 cm³/mol. The average Bonchev–Trinajstić information content (AvgIpc) is 2.50. The summed E-state index contributed by atoms with van der Waals surface area (Å²) in [6, 6.07) is 6.83.